The number of carbonyl (C=O) groups is 1. The minimum Gasteiger partial charge on any atom is -0.387 e. The van der Waals surface area contributed by atoms with Crippen molar-refractivity contribution in [3.8, 4) is 0 Å². The van der Waals surface area contributed by atoms with Crippen LogP contribution in [-0.4, -0.2) is 17.6 Å². The summed E-state index contributed by atoms with van der Waals surface area (Å²) in [5.74, 6) is -0.107. The lowest BCUT2D eigenvalue weighted by atomic mass is 10.1. The van der Waals surface area contributed by atoms with E-state index in [0.29, 0.717) is 15.6 Å². The van der Waals surface area contributed by atoms with Gasteiger partial charge in [-0.25, -0.2) is 0 Å². The smallest absolute Gasteiger partial charge is 0.246 e. The number of benzene rings is 1. The van der Waals surface area contributed by atoms with Crippen LogP contribution in [0.25, 0.3) is 0 Å². The summed E-state index contributed by atoms with van der Waals surface area (Å²) in [6, 6.07) is 4.87. The van der Waals surface area contributed by atoms with Crippen LogP contribution in [-0.2, 0) is 4.79 Å². The molecule has 0 saturated carbocycles. The Balaban J connectivity index is 1.93. The number of aliphatic hydroxyl groups is 1. The third kappa shape index (κ3) is 3.96. The van der Waals surface area contributed by atoms with Crippen molar-refractivity contribution in [1.29, 1.82) is 0 Å². The molecule has 2 rings (SSSR count). The standard InChI is InChI=1S/C14H15Cl2NO2/c15-11-5-10(6-12(16)7-11)13(18)8-17-14(19)9-3-1-2-4-9/h3,5-7,13,18H,1-2,4,8H2,(H,17,19). The predicted octanol–water partition coefficient (Wildman–Crippen LogP) is 3.25. The number of rotatable bonds is 4. The predicted molar refractivity (Wildman–Crippen MR) is 76.4 cm³/mol. The molecule has 1 amide bonds. The molecule has 1 atom stereocenters. The van der Waals surface area contributed by atoms with Gasteiger partial charge in [0, 0.05) is 22.2 Å². The van der Waals surface area contributed by atoms with Crippen molar-refractivity contribution in [2.45, 2.75) is 25.4 Å². The molecule has 0 fully saturated rings. The van der Waals surface area contributed by atoms with Crippen LogP contribution in [0, 0.1) is 0 Å². The van der Waals surface area contributed by atoms with Gasteiger partial charge in [-0.3, -0.25) is 4.79 Å². The molecule has 0 aromatic heterocycles. The zero-order valence-corrected chi connectivity index (χ0v) is 11.8. The molecule has 1 unspecified atom stereocenters. The number of allylic oxidation sites excluding steroid dienone is 1. The Labute approximate surface area is 122 Å². The quantitative estimate of drug-likeness (QED) is 0.896. The topological polar surface area (TPSA) is 49.3 Å². The van der Waals surface area contributed by atoms with Crippen molar-refractivity contribution in [1.82, 2.24) is 5.32 Å². The van der Waals surface area contributed by atoms with E-state index in [-0.39, 0.29) is 12.5 Å². The third-order valence-corrected chi connectivity index (χ3v) is 3.49. The second-order valence-corrected chi connectivity index (χ2v) is 5.42. The monoisotopic (exact) mass is 299 g/mol. The maximum absolute atomic E-state index is 11.8. The molecule has 1 aliphatic rings. The molecule has 3 nitrogen and oxygen atoms in total. The van der Waals surface area contributed by atoms with Gasteiger partial charge in [-0.1, -0.05) is 29.3 Å². The van der Waals surface area contributed by atoms with E-state index in [2.05, 4.69) is 5.32 Å². The van der Waals surface area contributed by atoms with Crippen LogP contribution >= 0.6 is 23.2 Å². The van der Waals surface area contributed by atoms with E-state index >= 15 is 0 Å². The molecular weight excluding hydrogens is 285 g/mol. The average molecular weight is 300 g/mol. The number of halogens is 2. The Kier molecular flexibility index (Phi) is 4.86. The van der Waals surface area contributed by atoms with Crippen LogP contribution in [0.3, 0.4) is 0 Å². The molecular formula is C14H15Cl2NO2. The van der Waals surface area contributed by atoms with E-state index < -0.39 is 6.10 Å². The maximum atomic E-state index is 11.8. The van der Waals surface area contributed by atoms with Crippen molar-refractivity contribution in [3.63, 3.8) is 0 Å². The van der Waals surface area contributed by atoms with Gasteiger partial charge in [0.25, 0.3) is 0 Å². The Bertz CT molecular complexity index is 494. The Morgan fingerprint density at radius 3 is 2.58 bits per heavy atom. The number of aliphatic hydroxyl groups excluding tert-OH is 1. The van der Waals surface area contributed by atoms with Crippen molar-refractivity contribution >= 4 is 29.1 Å². The van der Waals surface area contributed by atoms with E-state index in [0.717, 1.165) is 24.8 Å². The number of nitrogens with one attached hydrogen (secondary N) is 1. The third-order valence-electron chi connectivity index (χ3n) is 3.06. The lowest BCUT2D eigenvalue weighted by molar-refractivity contribution is -0.118. The van der Waals surface area contributed by atoms with E-state index in [4.69, 9.17) is 23.2 Å². The van der Waals surface area contributed by atoms with Crippen molar-refractivity contribution in [2.75, 3.05) is 6.54 Å². The van der Waals surface area contributed by atoms with Gasteiger partial charge in [0.05, 0.1) is 6.10 Å². The number of hydrogen-bond donors (Lipinski definition) is 2. The highest BCUT2D eigenvalue weighted by Crippen LogP contribution is 2.23. The second kappa shape index (κ2) is 6.42. The van der Waals surface area contributed by atoms with Gasteiger partial charge < -0.3 is 10.4 Å². The maximum Gasteiger partial charge on any atom is 0.246 e. The van der Waals surface area contributed by atoms with Gasteiger partial charge in [-0.15, -0.1) is 0 Å². The average Bonchev–Trinajstić information content (AvgIpc) is 2.88. The fourth-order valence-corrected chi connectivity index (χ4v) is 2.61. The van der Waals surface area contributed by atoms with E-state index in [1.54, 1.807) is 18.2 Å². The summed E-state index contributed by atoms with van der Waals surface area (Å²) in [5, 5.41) is 13.7. The van der Waals surface area contributed by atoms with Crippen molar-refractivity contribution in [2.24, 2.45) is 0 Å². The summed E-state index contributed by atoms with van der Waals surface area (Å²) in [7, 11) is 0. The molecule has 19 heavy (non-hydrogen) atoms. The van der Waals surface area contributed by atoms with Gasteiger partial charge in [0.15, 0.2) is 0 Å². The number of amides is 1. The highest BCUT2D eigenvalue weighted by Gasteiger charge is 2.15. The van der Waals surface area contributed by atoms with Crippen LogP contribution in [0.5, 0.6) is 0 Å². The summed E-state index contributed by atoms with van der Waals surface area (Å²) in [5.41, 5.74) is 1.40. The number of hydrogen-bond acceptors (Lipinski definition) is 2. The molecule has 0 spiro atoms. The molecule has 1 aromatic carbocycles. The molecule has 1 aliphatic carbocycles. The minimum absolute atomic E-state index is 0.107. The van der Waals surface area contributed by atoms with E-state index in [9.17, 15) is 9.90 Å². The van der Waals surface area contributed by atoms with Crippen molar-refractivity contribution in [3.05, 3.63) is 45.5 Å². The van der Waals surface area contributed by atoms with Crippen LogP contribution in [0.2, 0.25) is 10.0 Å². The molecule has 0 aliphatic heterocycles. The lowest BCUT2D eigenvalue weighted by Crippen LogP contribution is -2.29. The van der Waals surface area contributed by atoms with Crippen LogP contribution in [0.4, 0.5) is 0 Å². The first-order valence-electron chi connectivity index (χ1n) is 6.17. The second-order valence-electron chi connectivity index (χ2n) is 4.55. The molecule has 0 heterocycles. The Morgan fingerprint density at radius 2 is 2.00 bits per heavy atom. The van der Waals surface area contributed by atoms with Crippen LogP contribution in [0.15, 0.2) is 29.8 Å². The molecule has 0 radical (unpaired) electrons. The van der Waals surface area contributed by atoms with E-state index in [1.165, 1.54) is 0 Å². The van der Waals surface area contributed by atoms with Gasteiger partial charge in [-0.2, -0.15) is 0 Å². The first-order valence-corrected chi connectivity index (χ1v) is 6.93. The van der Waals surface area contributed by atoms with E-state index in [1.807, 2.05) is 6.08 Å². The summed E-state index contributed by atoms with van der Waals surface area (Å²) in [4.78, 5) is 11.8. The highest BCUT2D eigenvalue weighted by atomic mass is 35.5. The van der Waals surface area contributed by atoms with Gasteiger partial charge in [-0.05, 0) is 43.0 Å². The number of carbonyl (C=O) groups excluding carboxylic acids is 1. The first kappa shape index (κ1) is 14.4. The Hall–Kier alpha value is -1.03. The minimum atomic E-state index is -0.817. The fraction of sp³-hybridized carbons (Fsp3) is 0.357. The van der Waals surface area contributed by atoms with Crippen LogP contribution in [0.1, 0.15) is 30.9 Å². The lowest BCUT2D eigenvalue weighted by Gasteiger charge is -2.13. The summed E-state index contributed by atoms with van der Waals surface area (Å²) >= 11 is 11.7. The fourth-order valence-electron chi connectivity index (χ4n) is 2.07. The normalized spacial score (nSPS) is 16.1. The van der Waals surface area contributed by atoms with Crippen molar-refractivity contribution < 1.29 is 9.90 Å². The first-order chi connectivity index (χ1) is 9.06. The summed E-state index contributed by atoms with van der Waals surface area (Å²) in [6.07, 6.45) is 3.91. The molecule has 0 bridgehead atoms. The zero-order valence-electron chi connectivity index (χ0n) is 10.3. The zero-order chi connectivity index (χ0) is 13.8. The van der Waals surface area contributed by atoms with Gasteiger partial charge in [0.2, 0.25) is 5.91 Å². The molecule has 2 N–H and O–H groups in total. The molecule has 5 heteroatoms. The summed E-state index contributed by atoms with van der Waals surface area (Å²) in [6.45, 7) is 0.146. The van der Waals surface area contributed by atoms with Crippen LogP contribution < -0.4 is 5.32 Å². The summed E-state index contributed by atoms with van der Waals surface area (Å²) < 4.78 is 0. The largest absolute Gasteiger partial charge is 0.387 e. The van der Waals surface area contributed by atoms with Gasteiger partial charge in [0.1, 0.15) is 0 Å². The molecule has 102 valence electrons. The Morgan fingerprint density at radius 1 is 1.32 bits per heavy atom. The highest BCUT2D eigenvalue weighted by molar-refractivity contribution is 6.34. The van der Waals surface area contributed by atoms with Gasteiger partial charge >= 0.3 is 0 Å². The molecule has 0 saturated heterocycles. The molecule has 1 aromatic rings. The SMILES string of the molecule is O=C(NCC(O)c1cc(Cl)cc(Cl)c1)C1=CCCC1.